The monoisotopic (exact) mass is 375 g/mol. The first kappa shape index (κ1) is 15.7. The van der Waals surface area contributed by atoms with Gasteiger partial charge in [-0.15, -0.1) is 0 Å². The molecule has 0 aliphatic rings. The van der Waals surface area contributed by atoms with Crippen LogP contribution in [-0.2, 0) is 6.54 Å². The number of fused-ring (bicyclic) bond motifs is 3. The molecular formula is C18H12Cl3N3. The Balaban J connectivity index is 2.20. The highest BCUT2D eigenvalue weighted by Gasteiger charge is 2.17. The van der Waals surface area contributed by atoms with Crippen molar-refractivity contribution in [2.24, 2.45) is 0 Å². The zero-order chi connectivity index (χ0) is 16.8. The molecule has 0 unspecified atom stereocenters. The zero-order valence-corrected chi connectivity index (χ0v) is 15.0. The largest absolute Gasteiger partial charge is 0.339 e. The van der Waals surface area contributed by atoms with Crippen LogP contribution in [0.5, 0.6) is 0 Å². The van der Waals surface area contributed by atoms with Gasteiger partial charge in [0.2, 0.25) is 0 Å². The third-order valence-corrected chi connectivity index (χ3v) is 4.86. The van der Waals surface area contributed by atoms with Gasteiger partial charge in [0.15, 0.2) is 0 Å². The van der Waals surface area contributed by atoms with Crippen LogP contribution in [0.15, 0.2) is 42.7 Å². The Hall–Kier alpha value is -1.81. The summed E-state index contributed by atoms with van der Waals surface area (Å²) in [7, 11) is 0. The molecule has 24 heavy (non-hydrogen) atoms. The highest BCUT2D eigenvalue weighted by Crippen LogP contribution is 2.40. The molecular weight excluding hydrogens is 365 g/mol. The number of aryl methyl sites for hydroxylation is 1. The Morgan fingerprint density at radius 1 is 1.00 bits per heavy atom. The fourth-order valence-corrected chi connectivity index (χ4v) is 3.86. The van der Waals surface area contributed by atoms with Gasteiger partial charge in [-0.3, -0.25) is 4.98 Å². The van der Waals surface area contributed by atoms with Crippen LogP contribution < -0.4 is 0 Å². The van der Waals surface area contributed by atoms with Crippen LogP contribution in [0, 0.1) is 0 Å². The number of hydrogen-bond donors (Lipinski definition) is 0. The molecule has 0 saturated carbocycles. The maximum Gasteiger partial charge on any atom is 0.138 e. The predicted octanol–water partition coefficient (Wildman–Crippen LogP) is 6.23. The van der Waals surface area contributed by atoms with Gasteiger partial charge in [0.05, 0.1) is 17.2 Å². The summed E-state index contributed by atoms with van der Waals surface area (Å²) >= 11 is 18.7. The van der Waals surface area contributed by atoms with E-state index in [0.29, 0.717) is 15.3 Å². The van der Waals surface area contributed by atoms with Gasteiger partial charge in [-0.2, -0.15) is 0 Å². The molecule has 0 fully saturated rings. The van der Waals surface area contributed by atoms with E-state index in [-0.39, 0.29) is 0 Å². The molecule has 0 bridgehead atoms. The second-order valence-corrected chi connectivity index (χ2v) is 6.64. The van der Waals surface area contributed by atoms with Gasteiger partial charge in [-0.05, 0) is 37.3 Å². The standard InChI is InChI=1S/C18H12Cl3N3/c1-2-24-15-9-22-6-5-11(15)13-7-10(19)8-14(17(13)24)12-3-4-16(20)23-18(12)21/h3-9H,2H2,1H3. The number of nitrogens with zero attached hydrogens (tertiary/aromatic N) is 3. The van der Waals surface area contributed by atoms with Gasteiger partial charge in [-0.1, -0.05) is 34.8 Å². The number of halogens is 3. The molecule has 4 rings (SSSR count). The molecule has 0 saturated heterocycles. The number of rotatable bonds is 2. The quantitative estimate of drug-likeness (QED) is 0.388. The Morgan fingerprint density at radius 2 is 1.83 bits per heavy atom. The Labute approximate surface area is 153 Å². The highest BCUT2D eigenvalue weighted by molar-refractivity contribution is 6.35. The first-order chi connectivity index (χ1) is 11.6. The van der Waals surface area contributed by atoms with Crippen LogP contribution in [0.4, 0.5) is 0 Å². The maximum absolute atomic E-state index is 6.40. The minimum atomic E-state index is 0.358. The van der Waals surface area contributed by atoms with Crippen LogP contribution in [0.3, 0.4) is 0 Å². The summed E-state index contributed by atoms with van der Waals surface area (Å²) < 4.78 is 2.22. The van der Waals surface area contributed by atoms with Gasteiger partial charge in [0.25, 0.3) is 0 Å². The predicted molar refractivity (Wildman–Crippen MR) is 101 cm³/mol. The van der Waals surface area contributed by atoms with Crippen LogP contribution >= 0.6 is 34.8 Å². The van der Waals surface area contributed by atoms with Crippen molar-refractivity contribution in [2.75, 3.05) is 0 Å². The lowest BCUT2D eigenvalue weighted by molar-refractivity contribution is 0.826. The first-order valence-corrected chi connectivity index (χ1v) is 8.61. The molecule has 120 valence electrons. The third-order valence-electron chi connectivity index (χ3n) is 4.15. The van der Waals surface area contributed by atoms with Crippen LogP contribution in [0.1, 0.15) is 6.92 Å². The van der Waals surface area contributed by atoms with E-state index in [2.05, 4.69) is 21.5 Å². The van der Waals surface area contributed by atoms with Crippen LogP contribution in [-0.4, -0.2) is 14.5 Å². The van der Waals surface area contributed by atoms with Crippen molar-refractivity contribution in [1.29, 1.82) is 0 Å². The minimum absolute atomic E-state index is 0.358. The fraction of sp³-hybridized carbons (Fsp3) is 0.111. The van der Waals surface area contributed by atoms with Crippen molar-refractivity contribution in [1.82, 2.24) is 14.5 Å². The molecule has 6 heteroatoms. The van der Waals surface area contributed by atoms with E-state index in [9.17, 15) is 0 Å². The summed E-state index contributed by atoms with van der Waals surface area (Å²) in [5.74, 6) is 0. The lowest BCUT2D eigenvalue weighted by atomic mass is 10.0. The third kappa shape index (κ3) is 2.35. The van der Waals surface area contributed by atoms with Crippen molar-refractivity contribution in [3.63, 3.8) is 0 Å². The minimum Gasteiger partial charge on any atom is -0.339 e. The summed E-state index contributed by atoms with van der Waals surface area (Å²) in [6, 6.07) is 9.51. The lowest BCUT2D eigenvalue weighted by Gasteiger charge is -2.11. The Bertz CT molecular complexity index is 1090. The molecule has 0 aliphatic heterocycles. The van der Waals surface area contributed by atoms with E-state index in [1.165, 1.54) is 0 Å². The normalized spacial score (nSPS) is 11.5. The average Bonchev–Trinajstić information content (AvgIpc) is 2.88. The molecule has 0 radical (unpaired) electrons. The molecule has 4 aromatic rings. The molecule has 0 atom stereocenters. The van der Waals surface area contributed by atoms with Gasteiger partial charge < -0.3 is 4.57 Å². The summed E-state index contributed by atoms with van der Waals surface area (Å²) in [4.78, 5) is 8.42. The maximum atomic E-state index is 6.40. The average molecular weight is 377 g/mol. The van der Waals surface area contributed by atoms with Crippen molar-refractivity contribution < 1.29 is 0 Å². The smallest absolute Gasteiger partial charge is 0.138 e. The van der Waals surface area contributed by atoms with Gasteiger partial charge in [-0.25, -0.2) is 4.98 Å². The molecule has 0 N–H and O–H groups in total. The summed E-state index contributed by atoms with van der Waals surface area (Å²) in [5, 5.41) is 3.56. The zero-order valence-electron chi connectivity index (χ0n) is 12.7. The van der Waals surface area contributed by atoms with Crippen LogP contribution in [0.25, 0.3) is 32.9 Å². The summed E-state index contributed by atoms with van der Waals surface area (Å²) in [5.41, 5.74) is 3.87. The number of benzene rings is 1. The molecule has 0 aliphatic carbocycles. The van der Waals surface area contributed by atoms with Crippen molar-refractivity contribution in [2.45, 2.75) is 13.5 Å². The van der Waals surface area contributed by atoms with Gasteiger partial charge >= 0.3 is 0 Å². The van der Waals surface area contributed by atoms with E-state index in [4.69, 9.17) is 34.8 Å². The second-order valence-electron chi connectivity index (χ2n) is 5.46. The molecule has 1 aromatic carbocycles. The van der Waals surface area contributed by atoms with E-state index in [1.807, 2.05) is 30.5 Å². The Kier molecular flexibility index (Phi) is 3.87. The van der Waals surface area contributed by atoms with Crippen LogP contribution in [0.2, 0.25) is 15.3 Å². The fourth-order valence-electron chi connectivity index (χ4n) is 3.19. The van der Waals surface area contributed by atoms with E-state index in [1.54, 1.807) is 12.3 Å². The molecule has 3 heterocycles. The molecule has 3 aromatic heterocycles. The topological polar surface area (TPSA) is 30.7 Å². The second kappa shape index (κ2) is 5.92. The summed E-state index contributed by atoms with van der Waals surface area (Å²) in [6.45, 7) is 2.91. The highest BCUT2D eigenvalue weighted by atomic mass is 35.5. The van der Waals surface area contributed by atoms with Crippen molar-refractivity contribution in [3.05, 3.63) is 58.1 Å². The molecule has 3 nitrogen and oxygen atoms in total. The number of hydrogen-bond acceptors (Lipinski definition) is 2. The number of aromatic nitrogens is 3. The number of pyridine rings is 2. The molecule has 0 spiro atoms. The van der Waals surface area contributed by atoms with Gasteiger partial charge in [0.1, 0.15) is 10.3 Å². The van der Waals surface area contributed by atoms with E-state index >= 15 is 0 Å². The Morgan fingerprint density at radius 3 is 2.58 bits per heavy atom. The first-order valence-electron chi connectivity index (χ1n) is 7.48. The molecule has 0 amide bonds. The van der Waals surface area contributed by atoms with E-state index in [0.717, 1.165) is 39.5 Å². The SMILES string of the molecule is CCn1c2cnccc2c2cc(Cl)cc(-c3ccc(Cl)nc3Cl)c21. The summed E-state index contributed by atoms with van der Waals surface area (Å²) in [6.07, 6.45) is 3.66. The van der Waals surface area contributed by atoms with Crippen molar-refractivity contribution in [3.8, 4) is 11.1 Å². The van der Waals surface area contributed by atoms with E-state index < -0.39 is 0 Å². The lowest BCUT2D eigenvalue weighted by Crippen LogP contribution is -1.96. The van der Waals surface area contributed by atoms with Gasteiger partial charge in [0, 0.05) is 39.7 Å². The van der Waals surface area contributed by atoms with Crippen molar-refractivity contribution >= 4 is 56.6 Å².